The third kappa shape index (κ3) is 2.82. The van der Waals surface area contributed by atoms with Crippen LogP contribution in [-0.4, -0.2) is 17.3 Å². The second-order valence-corrected chi connectivity index (χ2v) is 5.85. The highest BCUT2D eigenvalue weighted by atomic mass is 32.2. The van der Waals surface area contributed by atoms with E-state index in [9.17, 15) is 26.7 Å². The van der Waals surface area contributed by atoms with Crippen LogP contribution in [-0.2, 0) is 0 Å². The van der Waals surface area contributed by atoms with Crippen molar-refractivity contribution in [2.75, 3.05) is 11.5 Å². The number of Topliss-reactive ketones (excluding diaryl/α,β-unsaturated/α-hetero) is 1. The number of hydrogen-bond acceptors (Lipinski definition) is 2. The summed E-state index contributed by atoms with van der Waals surface area (Å²) in [5.41, 5.74) is -1.32. The van der Waals surface area contributed by atoms with E-state index >= 15 is 0 Å². The van der Waals surface area contributed by atoms with E-state index in [1.807, 2.05) is 0 Å². The van der Waals surface area contributed by atoms with Crippen molar-refractivity contribution in [2.24, 2.45) is 5.92 Å². The van der Waals surface area contributed by atoms with E-state index < -0.39 is 40.4 Å². The molecule has 1 heterocycles. The molecule has 1 aromatic carbocycles. The van der Waals surface area contributed by atoms with E-state index in [4.69, 9.17) is 0 Å². The molecule has 0 spiro atoms. The minimum atomic E-state index is -2.24. The number of carbonyl (C=O) groups excluding carboxylic acids is 1. The second kappa shape index (κ2) is 6.11. The normalized spacial score (nSPS) is 16.4. The molecule has 7 heteroatoms. The summed E-state index contributed by atoms with van der Waals surface area (Å²) in [6, 6.07) is 0. The van der Waals surface area contributed by atoms with Crippen LogP contribution in [0, 0.1) is 35.0 Å². The van der Waals surface area contributed by atoms with E-state index in [1.165, 1.54) is 0 Å². The Kier molecular flexibility index (Phi) is 4.67. The monoisotopic (exact) mass is 310 g/mol. The lowest BCUT2D eigenvalue weighted by molar-refractivity contribution is 0.0947. The first-order valence-electron chi connectivity index (χ1n) is 6.05. The average molecular weight is 310 g/mol. The molecule has 1 aliphatic heterocycles. The number of ketones is 1. The minimum absolute atomic E-state index is 0.0706. The highest BCUT2D eigenvalue weighted by molar-refractivity contribution is 7.99. The lowest BCUT2D eigenvalue weighted by atomic mass is 9.93. The molecular weight excluding hydrogens is 299 g/mol. The molecule has 1 nitrogen and oxygen atoms in total. The summed E-state index contributed by atoms with van der Waals surface area (Å²) in [6.07, 6.45) is 1.20. The average Bonchev–Trinajstić information content (AvgIpc) is 2.44. The fraction of sp³-hybridized carbons (Fsp3) is 0.462. The van der Waals surface area contributed by atoms with Crippen LogP contribution >= 0.6 is 11.8 Å². The molecule has 20 heavy (non-hydrogen) atoms. The maximum absolute atomic E-state index is 13.5. The van der Waals surface area contributed by atoms with Crippen molar-refractivity contribution in [1.82, 2.24) is 0 Å². The largest absolute Gasteiger partial charge is 0.294 e. The number of hydrogen-bond donors (Lipinski definition) is 0. The van der Waals surface area contributed by atoms with Gasteiger partial charge in [0, 0.05) is 6.42 Å². The SMILES string of the molecule is O=C(CC1CCSCC1)c1c(F)c(F)c(F)c(F)c1F. The van der Waals surface area contributed by atoms with E-state index in [0.29, 0.717) is 12.8 Å². The molecule has 0 bridgehead atoms. The van der Waals surface area contributed by atoms with Crippen LogP contribution in [0.15, 0.2) is 0 Å². The van der Waals surface area contributed by atoms with Crippen molar-refractivity contribution in [3.05, 3.63) is 34.6 Å². The molecule has 0 radical (unpaired) electrons. The number of rotatable bonds is 3. The summed E-state index contributed by atoms with van der Waals surface area (Å²) in [6.45, 7) is 0. The molecule has 0 atom stereocenters. The first-order valence-corrected chi connectivity index (χ1v) is 7.21. The molecule has 0 N–H and O–H groups in total. The van der Waals surface area contributed by atoms with Gasteiger partial charge < -0.3 is 0 Å². The fourth-order valence-corrected chi connectivity index (χ4v) is 3.37. The summed E-state index contributed by atoms with van der Waals surface area (Å²) in [5.74, 6) is -9.94. The van der Waals surface area contributed by atoms with Crippen molar-refractivity contribution in [2.45, 2.75) is 19.3 Å². The zero-order valence-corrected chi connectivity index (χ0v) is 11.1. The molecule has 0 aromatic heterocycles. The van der Waals surface area contributed by atoms with Gasteiger partial charge in [-0.2, -0.15) is 11.8 Å². The Hall–Kier alpha value is -1.11. The Balaban J connectivity index is 2.30. The van der Waals surface area contributed by atoms with Gasteiger partial charge >= 0.3 is 0 Å². The molecule has 1 fully saturated rings. The Morgan fingerprint density at radius 1 is 0.900 bits per heavy atom. The van der Waals surface area contributed by atoms with Crippen LogP contribution in [0.5, 0.6) is 0 Å². The lowest BCUT2D eigenvalue weighted by Gasteiger charge is -2.20. The highest BCUT2D eigenvalue weighted by Crippen LogP contribution is 2.29. The molecule has 0 amide bonds. The van der Waals surface area contributed by atoms with Crippen molar-refractivity contribution in [3.8, 4) is 0 Å². The second-order valence-electron chi connectivity index (χ2n) is 4.63. The molecule has 1 aromatic rings. The Morgan fingerprint density at radius 2 is 1.35 bits per heavy atom. The summed E-state index contributed by atoms with van der Waals surface area (Å²) in [5, 5.41) is 0. The van der Waals surface area contributed by atoms with Gasteiger partial charge in [0.1, 0.15) is 0 Å². The smallest absolute Gasteiger partial charge is 0.200 e. The zero-order chi connectivity index (χ0) is 14.9. The van der Waals surface area contributed by atoms with Crippen molar-refractivity contribution < 1.29 is 26.7 Å². The first-order chi connectivity index (χ1) is 9.43. The van der Waals surface area contributed by atoms with Crippen molar-refractivity contribution >= 4 is 17.5 Å². The number of thioether (sulfide) groups is 1. The van der Waals surface area contributed by atoms with Gasteiger partial charge in [0.05, 0.1) is 5.56 Å². The van der Waals surface area contributed by atoms with Crippen LogP contribution in [0.25, 0.3) is 0 Å². The van der Waals surface area contributed by atoms with Crippen LogP contribution in [0.4, 0.5) is 22.0 Å². The molecular formula is C13H11F5OS. The van der Waals surface area contributed by atoms with Gasteiger partial charge in [0.2, 0.25) is 5.82 Å². The molecule has 1 saturated heterocycles. The molecule has 110 valence electrons. The summed E-state index contributed by atoms with van der Waals surface area (Å²) in [4.78, 5) is 11.8. The third-order valence-corrected chi connectivity index (χ3v) is 4.35. The van der Waals surface area contributed by atoms with E-state index in [-0.39, 0.29) is 12.3 Å². The lowest BCUT2D eigenvalue weighted by Crippen LogP contribution is -2.18. The predicted molar refractivity (Wildman–Crippen MR) is 65.2 cm³/mol. The van der Waals surface area contributed by atoms with Gasteiger partial charge in [-0.3, -0.25) is 4.79 Å². The first kappa shape index (κ1) is 15.3. The van der Waals surface area contributed by atoms with Crippen LogP contribution in [0.3, 0.4) is 0 Å². The van der Waals surface area contributed by atoms with Gasteiger partial charge in [-0.1, -0.05) is 0 Å². The van der Waals surface area contributed by atoms with E-state index in [1.54, 1.807) is 11.8 Å². The highest BCUT2D eigenvalue weighted by Gasteiger charge is 2.30. The van der Waals surface area contributed by atoms with Gasteiger partial charge in [-0.15, -0.1) is 0 Å². The maximum Gasteiger partial charge on any atom is 0.200 e. The molecule has 0 saturated carbocycles. The van der Waals surface area contributed by atoms with Crippen molar-refractivity contribution in [3.63, 3.8) is 0 Å². The molecule has 2 rings (SSSR count). The van der Waals surface area contributed by atoms with E-state index in [2.05, 4.69) is 0 Å². The van der Waals surface area contributed by atoms with Gasteiger partial charge in [0.25, 0.3) is 0 Å². The maximum atomic E-state index is 13.5. The topological polar surface area (TPSA) is 17.1 Å². The fourth-order valence-electron chi connectivity index (χ4n) is 2.16. The standard InChI is InChI=1S/C13H11F5OS/c14-9-8(10(15)12(17)13(18)11(9)16)7(19)5-6-1-3-20-4-2-6/h6H,1-5H2. The molecule has 1 aliphatic rings. The molecule has 0 unspecified atom stereocenters. The van der Waals surface area contributed by atoms with Crippen LogP contribution in [0.2, 0.25) is 0 Å². The summed E-state index contributed by atoms with van der Waals surface area (Å²) < 4.78 is 65.9. The van der Waals surface area contributed by atoms with Gasteiger partial charge in [-0.25, -0.2) is 22.0 Å². The number of carbonyl (C=O) groups is 1. The van der Waals surface area contributed by atoms with Gasteiger partial charge in [-0.05, 0) is 30.3 Å². The predicted octanol–water partition coefficient (Wildman–Crippen LogP) is 4.10. The van der Waals surface area contributed by atoms with E-state index in [0.717, 1.165) is 11.5 Å². The Bertz CT molecular complexity index is 511. The summed E-state index contributed by atoms with van der Waals surface area (Å²) >= 11 is 1.71. The number of halogens is 5. The third-order valence-electron chi connectivity index (χ3n) is 3.30. The van der Waals surface area contributed by atoms with Crippen LogP contribution < -0.4 is 0 Å². The summed E-state index contributed by atoms with van der Waals surface area (Å²) in [7, 11) is 0. The molecule has 0 aliphatic carbocycles. The van der Waals surface area contributed by atoms with Crippen molar-refractivity contribution in [1.29, 1.82) is 0 Å². The zero-order valence-electron chi connectivity index (χ0n) is 10.3. The quantitative estimate of drug-likeness (QED) is 0.362. The van der Waals surface area contributed by atoms with Crippen LogP contribution in [0.1, 0.15) is 29.6 Å². The van der Waals surface area contributed by atoms with Gasteiger partial charge in [0.15, 0.2) is 29.1 Å². The Morgan fingerprint density at radius 3 is 1.85 bits per heavy atom. The number of benzene rings is 1. The Labute approximate surface area is 116 Å². The minimum Gasteiger partial charge on any atom is -0.294 e.